The molecule has 124 valence electrons. The maximum absolute atomic E-state index is 12.5. The average molecular weight is 337 g/mol. The van der Waals surface area contributed by atoms with Gasteiger partial charge in [0.25, 0.3) is 5.91 Å². The number of nitrogens with one attached hydrogen (secondary N) is 1. The number of halogens is 1. The van der Waals surface area contributed by atoms with Crippen molar-refractivity contribution in [3.63, 3.8) is 0 Å². The third-order valence-electron chi connectivity index (χ3n) is 4.75. The van der Waals surface area contributed by atoms with Crippen LogP contribution in [-0.4, -0.2) is 59.9 Å². The van der Waals surface area contributed by atoms with Gasteiger partial charge in [0.1, 0.15) is 10.8 Å². The van der Waals surface area contributed by atoms with Crippen LogP contribution in [0.5, 0.6) is 0 Å². The standard InChI is InChI=1S/C16H21ClN4O2/c1-20(2)15(23)18-11-8-16(9-11)6-7-21(10-16)14(22)12-4-3-5-13(17)19-12/h3-5,11H,6-10H2,1-2H3,(H,18,23). The van der Waals surface area contributed by atoms with Gasteiger partial charge < -0.3 is 15.1 Å². The highest BCUT2D eigenvalue weighted by molar-refractivity contribution is 6.29. The first-order valence-electron chi connectivity index (χ1n) is 7.78. The second kappa shape index (κ2) is 6.00. The van der Waals surface area contributed by atoms with Gasteiger partial charge >= 0.3 is 6.03 Å². The highest BCUT2D eigenvalue weighted by Crippen LogP contribution is 2.48. The van der Waals surface area contributed by atoms with Gasteiger partial charge in [-0.3, -0.25) is 4.79 Å². The van der Waals surface area contributed by atoms with Gasteiger partial charge in [0.15, 0.2) is 0 Å². The maximum Gasteiger partial charge on any atom is 0.317 e. The number of aromatic nitrogens is 1. The predicted octanol–water partition coefficient (Wildman–Crippen LogP) is 2.00. The molecule has 0 atom stereocenters. The fourth-order valence-corrected chi connectivity index (χ4v) is 3.69. The number of carbonyl (C=O) groups is 2. The highest BCUT2D eigenvalue weighted by Gasteiger charge is 2.50. The van der Waals surface area contributed by atoms with E-state index in [1.54, 1.807) is 37.2 Å². The zero-order valence-corrected chi connectivity index (χ0v) is 14.1. The lowest BCUT2D eigenvalue weighted by atomic mass is 9.65. The number of rotatable bonds is 2. The molecule has 23 heavy (non-hydrogen) atoms. The van der Waals surface area contributed by atoms with E-state index in [1.165, 1.54) is 0 Å². The summed E-state index contributed by atoms with van der Waals surface area (Å²) in [5, 5.41) is 3.34. The first kappa shape index (κ1) is 16.1. The molecule has 1 aromatic rings. The lowest BCUT2D eigenvalue weighted by Crippen LogP contribution is -2.54. The molecule has 1 saturated heterocycles. The van der Waals surface area contributed by atoms with E-state index in [0.717, 1.165) is 32.4 Å². The molecule has 6 nitrogen and oxygen atoms in total. The van der Waals surface area contributed by atoms with E-state index in [4.69, 9.17) is 11.6 Å². The summed E-state index contributed by atoms with van der Waals surface area (Å²) < 4.78 is 0. The van der Waals surface area contributed by atoms with Crippen LogP contribution in [-0.2, 0) is 0 Å². The normalized spacial score (nSPS) is 26.0. The second-order valence-corrected chi connectivity index (χ2v) is 7.16. The van der Waals surface area contributed by atoms with Gasteiger partial charge in [0, 0.05) is 33.2 Å². The minimum absolute atomic E-state index is 0.0566. The van der Waals surface area contributed by atoms with Gasteiger partial charge in [-0.25, -0.2) is 9.78 Å². The van der Waals surface area contributed by atoms with Crippen molar-refractivity contribution in [1.82, 2.24) is 20.1 Å². The summed E-state index contributed by atoms with van der Waals surface area (Å²) >= 11 is 5.86. The van der Waals surface area contributed by atoms with Gasteiger partial charge in [0.2, 0.25) is 0 Å². The monoisotopic (exact) mass is 336 g/mol. The smallest absolute Gasteiger partial charge is 0.317 e. The molecular formula is C16H21ClN4O2. The summed E-state index contributed by atoms with van der Waals surface area (Å²) in [6.45, 7) is 1.47. The minimum atomic E-state index is -0.0647. The summed E-state index contributed by atoms with van der Waals surface area (Å²) in [7, 11) is 3.47. The maximum atomic E-state index is 12.5. The molecule has 7 heteroatoms. The molecule has 2 aliphatic rings. The molecule has 0 aromatic carbocycles. The van der Waals surface area contributed by atoms with Crippen molar-refractivity contribution in [2.75, 3.05) is 27.2 Å². The van der Waals surface area contributed by atoms with Gasteiger partial charge in [-0.1, -0.05) is 17.7 Å². The lowest BCUT2D eigenvalue weighted by Gasteiger charge is -2.45. The largest absolute Gasteiger partial charge is 0.337 e. The van der Waals surface area contributed by atoms with Crippen LogP contribution in [0.3, 0.4) is 0 Å². The molecule has 0 bridgehead atoms. The molecular weight excluding hydrogens is 316 g/mol. The van der Waals surface area contributed by atoms with Gasteiger partial charge in [-0.15, -0.1) is 0 Å². The Balaban J connectivity index is 1.56. The van der Waals surface area contributed by atoms with Crippen molar-refractivity contribution in [1.29, 1.82) is 0 Å². The average Bonchev–Trinajstić information content (AvgIpc) is 2.91. The molecule has 0 unspecified atom stereocenters. The van der Waals surface area contributed by atoms with Crippen molar-refractivity contribution >= 4 is 23.5 Å². The third kappa shape index (κ3) is 3.27. The van der Waals surface area contributed by atoms with Gasteiger partial charge in [-0.2, -0.15) is 0 Å². The van der Waals surface area contributed by atoms with E-state index in [-0.39, 0.29) is 23.4 Å². The summed E-state index contributed by atoms with van der Waals surface area (Å²) in [5.74, 6) is -0.0647. The van der Waals surface area contributed by atoms with Crippen molar-refractivity contribution in [3.8, 4) is 0 Å². The molecule has 1 aliphatic carbocycles. The van der Waals surface area contributed by atoms with Crippen molar-refractivity contribution in [2.45, 2.75) is 25.3 Å². The highest BCUT2D eigenvalue weighted by atomic mass is 35.5. The molecule has 1 spiro atoms. The van der Waals surface area contributed by atoms with Crippen molar-refractivity contribution < 1.29 is 9.59 Å². The number of hydrogen-bond acceptors (Lipinski definition) is 3. The zero-order chi connectivity index (χ0) is 16.6. The van der Waals surface area contributed by atoms with E-state index in [1.807, 2.05) is 4.90 Å². The van der Waals surface area contributed by atoms with Crippen LogP contribution in [0.1, 0.15) is 29.8 Å². The molecule has 1 aliphatic heterocycles. The Kier molecular flexibility index (Phi) is 4.19. The lowest BCUT2D eigenvalue weighted by molar-refractivity contribution is 0.0660. The Morgan fingerprint density at radius 1 is 1.39 bits per heavy atom. The van der Waals surface area contributed by atoms with Crippen LogP contribution in [0.2, 0.25) is 5.15 Å². The Morgan fingerprint density at radius 3 is 2.78 bits per heavy atom. The van der Waals surface area contributed by atoms with Gasteiger partial charge in [-0.05, 0) is 36.8 Å². The molecule has 1 N–H and O–H groups in total. The van der Waals surface area contributed by atoms with Crippen LogP contribution in [0, 0.1) is 5.41 Å². The first-order valence-corrected chi connectivity index (χ1v) is 8.16. The molecule has 1 aromatic heterocycles. The number of hydrogen-bond donors (Lipinski definition) is 1. The number of pyridine rings is 1. The molecule has 2 fully saturated rings. The quantitative estimate of drug-likeness (QED) is 0.840. The van der Waals surface area contributed by atoms with Crippen LogP contribution in [0.4, 0.5) is 4.79 Å². The van der Waals surface area contributed by atoms with Gasteiger partial charge in [0.05, 0.1) is 0 Å². The van der Waals surface area contributed by atoms with Crippen LogP contribution in [0.25, 0.3) is 0 Å². The van der Waals surface area contributed by atoms with E-state index in [2.05, 4.69) is 10.3 Å². The minimum Gasteiger partial charge on any atom is -0.337 e. The number of carbonyl (C=O) groups excluding carboxylic acids is 2. The van der Waals surface area contributed by atoms with Crippen LogP contribution in [0.15, 0.2) is 18.2 Å². The molecule has 3 amide bonds. The Morgan fingerprint density at radius 2 is 2.13 bits per heavy atom. The van der Waals surface area contributed by atoms with Crippen LogP contribution < -0.4 is 5.32 Å². The number of likely N-dealkylation sites (tertiary alicyclic amines) is 1. The number of urea groups is 1. The fourth-order valence-electron chi connectivity index (χ4n) is 3.52. The predicted molar refractivity (Wildman–Crippen MR) is 87.4 cm³/mol. The van der Waals surface area contributed by atoms with E-state index < -0.39 is 0 Å². The van der Waals surface area contributed by atoms with Crippen molar-refractivity contribution in [3.05, 3.63) is 29.0 Å². The Labute approximate surface area is 140 Å². The third-order valence-corrected chi connectivity index (χ3v) is 4.96. The van der Waals surface area contributed by atoms with E-state index in [0.29, 0.717) is 10.8 Å². The number of amides is 3. The van der Waals surface area contributed by atoms with E-state index in [9.17, 15) is 9.59 Å². The zero-order valence-electron chi connectivity index (χ0n) is 13.4. The summed E-state index contributed by atoms with van der Waals surface area (Å²) in [4.78, 5) is 31.7. The summed E-state index contributed by atoms with van der Waals surface area (Å²) in [6, 6.07) is 5.25. The molecule has 0 radical (unpaired) electrons. The van der Waals surface area contributed by atoms with Crippen LogP contribution >= 0.6 is 11.6 Å². The van der Waals surface area contributed by atoms with E-state index >= 15 is 0 Å². The molecule has 3 rings (SSSR count). The summed E-state index contributed by atoms with van der Waals surface area (Å²) in [6.07, 6.45) is 2.84. The number of nitrogens with zero attached hydrogens (tertiary/aromatic N) is 3. The molecule has 1 saturated carbocycles. The Bertz CT molecular complexity index is 628. The molecule has 2 heterocycles. The first-order chi connectivity index (χ1) is 10.9. The Hall–Kier alpha value is -1.82. The fraction of sp³-hybridized carbons (Fsp3) is 0.562. The SMILES string of the molecule is CN(C)C(=O)NC1CC2(CCN(C(=O)c3cccc(Cl)n3)C2)C1. The topological polar surface area (TPSA) is 65.5 Å². The van der Waals surface area contributed by atoms with Crippen molar-refractivity contribution in [2.24, 2.45) is 5.41 Å². The second-order valence-electron chi connectivity index (χ2n) is 6.77. The summed E-state index contributed by atoms with van der Waals surface area (Å²) in [5.41, 5.74) is 0.546.